The lowest BCUT2D eigenvalue weighted by molar-refractivity contribution is -0.303. The Morgan fingerprint density at radius 3 is 1.23 bits per heavy atom. The van der Waals surface area contributed by atoms with Crippen molar-refractivity contribution in [3.63, 3.8) is 0 Å². The second kappa shape index (κ2) is 27.1. The Morgan fingerprint density at radius 1 is 0.397 bits per heavy atom. The van der Waals surface area contributed by atoms with Crippen molar-refractivity contribution in [3.05, 3.63) is 251 Å². The molecule has 0 aromatic heterocycles. The number of carbonyl (C=O) groups excluding carboxylic acids is 5. The highest BCUT2D eigenvalue weighted by atomic mass is 16.8. The van der Waals surface area contributed by atoms with Crippen molar-refractivity contribution in [2.45, 2.75) is 74.6 Å². The normalized spacial score (nSPS) is 22.0. The second-order valence-corrected chi connectivity index (χ2v) is 18.1. The molecule has 7 aromatic rings. The molecule has 2 heterocycles. The standard InChI is InChI=1S/C62H56O16/c1-68-61-55(77-60(67)47-35-21-8-22-36-47)53(76-59(66)46-33-19-7-20-34-46)51(75-58(65)45-31-17-6-18-32-45)49(74-61)40-72-62-54(70-38-42-25-11-3-12-26-42)52(69-37-41-23-9-2-10-24-41)50(78-62)48(73-57(64)44-29-15-5-16-30-44)39-71-56(63)43-27-13-4-14-28-43/h2-36,48-55,61-62H,37-40H2,1H3/t48-,49-,50+,51-,52+,53+,54-,55-,61+,62+/m1/s1. The maximum Gasteiger partial charge on any atom is 0.338 e. The molecule has 0 bridgehead atoms. The number of hydrogen-bond acceptors (Lipinski definition) is 16. The van der Waals surface area contributed by atoms with E-state index in [0.29, 0.717) is 0 Å². The lowest BCUT2D eigenvalue weighted by Gasteiger charge is -2.44. The summed E-state index contributed by atoms with van der Waals surface area (Å²) in [7, 11) is 1.31. The molecule has 0 aliphatic carbocycles. The number of benzene rings is 7. The number of methoxy groups -OCH3 is 1. The first-order valence-corrected chi connectivity index (χ1v) is 25.2. The van der Waals surface area contributed by atoms with E-state index >= 15 is 0 Å². The predicted octanol–water partition coefficient (Wildman–Crippen LogP) is 9.03. The molecule has 0 saturated carbocycles. The van der Waals surface area contributed by atoms with Crippen LogP contribution in [0.3, 0.4) is 0 Å². The third-order valence-electron chi connectivity index (χ3n) is 12.8. The Hall–Kier alpha value is -8.35. The fourth-order valence-electron chi connectivity index (χ4n) is 8.86. The lowest BCUT2D eigenvalue weighted by Crippen LogP contribution is -2.63. The van der Waals surface area contributed by atoms with Crippen LogP contribution in [0.25, 0.3) is 0 Å². The van der Waals surface area contributed by atoms with Gasteiger partial charge in [-0.1, -0.05) is 152 Å². The largest absolute Gasteiger partial charge is 0.458 e. The highest BCUT2D eigenvalue weighted by Crippen LogP contribution is 2.36. The number of rotatable bonds is 22. The first-order valence-electron chi connectivity index (χ1n) is 25.2. The number of hydrogen-bond donors (Lipinski definition) is 0. The molecule has 16 heteroatoms. The number of carbonyl (C=O) groups is 5. The van der Waals surface area contributed by atoms with Crippen molar-refractivity contribution >= 4 is 29.8 Å². The number of esters is 5. The Labute approximate surface area is 450 Å². The summed E-state index contributed by atoms with van der Waals surface area (Å²) in [5, 5.41) is 0. The molecule has 7 aromatic carbocycles. The highest BCUT2D eigenvalue weighted by molar-refractivity contribution is 5.92. The fourth-order valence-corrected chi connectivity index (χ4v) is 8.86. The molecule has 2 aliphatic heterocycles. The molecule has 0 radical (unpaired) electrons. The van der Waals surface area contributed by atoms with Gasteiger partial charge < -0.3 is 52.1 Å². The minimum Gasteiger partial charge on any atom is -0.458 e. The van der Waals surface area contributed by atoms with Crippen molar-refractivity contribution < 1.29 is 76.1 Å². The van der Waals surface area contributed by atoms with Crippen LogP contribution in [0.5, 0.6) is 0 Å². The molecule has 400 valence electrons. The predicted molar refractivity (Wildman–Crippen MR) is 280 cm³/mol. The van der Waals surface area contributed by atoms with E-state index in [1.165, 1.54) is 7.11 Å². The van der Waals surface area contributed by atoms with Crippen LogP contribution in [0.15, 0.2) is 212 Å². The van der Waals surface area contributed by atoms with E-state index < -0.39 is 104 Å². The Bertz CT molecular complexity index is 3010. The van der Waals surface area contributed by atoms with Gasteiger partial charge >= 0.3 is 29.8 Å². The summed E-state index contributed by atoms with van der Waals surface area (Å²) in [6.07, 6.45) is -13.7. The van der Waals surface area contributed by atoms with Crippen molar-refractivity contribution in [1.82, 2.24) is 0 Å². The van der Waals surface area contributed by atoms with Crippen LogP contribution in [0.2, 0.25) is 0 Å². The fraction of sp³-hybridized carbons (Fsp3) is 0.242. The summed E-state index contributed by atoms with van der Waals surface area (Å²) in [6, 6.07) is 59.7. The van der Waals surface area contributed by atoms with Crippen LogP contribution >= 0.6 is 0 Å². The topological polar surface area (TPSA) is 187 Å². The van der Waals surface area contributed by atoms with Gasteiger partial charge in [-0.3, -0.25) is 0 Å². The average molecular weight is 1060 g/mol. The summed E-state index contributed by atoms with van der Waals surface area (Å²) in [4.78, 5) is 69.8. The van der Waals surface area contributed by atoms with Crippen molar-refractivity contribution in [1.29, 1.82) is 0 Å². The second-order valence-electron chi connectivity index (χ2n) is 18.1. The van der Waals surface area contributed by atoms with Crippen molar-refractivity contribution in [3.8, 4) is 0 Å². The third kappa shape index (κ3) is 14.2. The summed E-state index contributed by atoms with van der Waals surface area (Å²) in [5.74, 6) is -3.90. The SMILES string of the molecule is CO[C@H]1O[C@H](CO[C@H]2O[C@@H]([C@@H](COC(=O)c3ccccc3)OC(=O)c3ccccc3)[C@H](OCc3ccccc3)[C@H]2OCc2ccccc2)[C@@H](OC(=O)c2ccccc2)[C@H](OC(=O)c2ccccc2)[C@H]1OC(=O)c1ccccc1. The first kappa shape index (κ1) is 54.4. The molecule has 0 amide bonds. The van der Waals surface area contributed by atoms with Gasteiger partial charge in [0.1, 0.15) is 31.0 Å². The van der Waals surface area contributed by atoms with Crippen LogP contribution in [-0.4, -0.2) is 112 Å². The van der Waals surface area contributed by atoms with Gasteiger partial charge in [-0.25, -0.2) is 24.0 Å². The van der Waals surface area contributed by atoms with Gasteiger partial charge in [-0.05, 0) is 71.8 Å². The van der Waals surface area contributed by atoms with Crippen LogP contribution in [-0.2, 0) is 65.3 Å². The maximum absolute atomic E-state index is 14.2. The van der Waals surface area contributed by atoms with E-state index in [0.717, 1.165) is 11.1 Å². The molecule has 2 fully saturated rings. The molecule has 0 spiro atoms. The van der Waals surface area contributed by atoms with Gasteiger partial charge in [0.15, 0.2) is 37.0 Å². The van der Waals surface area contributed by atoms with Crippen LogP contribution < -0.4 is 0 Å². The monoisotopic (exact) mass is 1060 g/mol. The van der Waals surface area contributed by atoms with Crippen LogP contribution in [0.1, 0.15) is 62.9 Å². The zero-order valence-electron chi connectivity index (χ0n) is 42.3. The van der Waals surface area contributed by atoms with Crippen molar-refractivity contribution in [2.24, 2.45) is 0 Å². The summed E-state index contributed by atoms with van der Waals surface area (Å²) in [6.45, 7) is -0.921. The lowest BCUT2D eigenvalue weighted by atomic mass is 9.97. The van der Waals surface area contributed by atoms with Crippen LogP contribution in [0.4, 0.5) is 0 Å². The quantitative estimate of drug-likeness (QED) is 0.0462. The molecular formula is C62H56O16. The summed E-state index contributed by atoms with van der Waals surface area (Å²) in [5.41, 5.74) is 2.52. The molecule has 2 saturated heterocycles. The minimum absolute atomic E-state index is 0.0269. The third-order valence-corrected chi connectivity index (χ3v) is 12.8. The average Bonchev–Trinajstić information content (AvgIpc) is 3.86. The maximum atomic E-state index is 14.2. The zero-order valence-corrected chi connectivity index (χ0v) is 42.3. The van der Waals surface area contributed by atoms with E-state index in [4.69, 9.17) is 52.1 Å². The highest BCUT2D eigenvalue weighted by Gasteiger charge is 2.56. The zero-order chi connectivity index (χ0) is 54.1. The molecule has 2 aliphatic rings. The van der Waals surface area contributed by atoms with Gasteiger partial charge in [0.25, 0.3) is 0 Å². The summed E-state index contributed by atoms with van der Waals surface area (Å²) < 4.78 is 70.1. The van der Waals surface area contributed by atoms with Crippen LogP contribution in [0, 0.1) is 0 Å². The van der Waals surface area contributed by atoms with Gasteiger partial charge in [-0.15, -0.1) is 0 Å². The molecule has 16 nitrogen and oxygen atoms in total. The minimum atomic E-state index is -1.59. The van der Waals surface area contributed by atoms with E-state index in [1.54, 1.807) is 152 Å². The Kier molecular flexibility index (Phi) is 18.9. The van der Waals surface area contributed by atoms with Gasteiger partial charge in [-0.2, -0.15) is 0 Å². The van der Waals surface area contributed by atoms with E-state index in [-0.39, 0.29) is 41.0 Å². The Balaban J connectivity index is 1.08. The van der Waals surface area contributed by atoms with Gasteiger partial charge in [0.05, 0.1) is 47.6 Å². The van der Waals surface area contributed by atoms with E-state index in [2.05, 4.69) is 0 Å². The molecule has 9 rings (SSSR count). The van der Waals surface area contributed by atoms with E-state index in [9.17, 15) is 24.0 Å². The molecule has 0 N–H and O–H groups in total. The Morgan fingerprint density at radius 2 is 0.782 bits per heavy atom. The van der Waals surface area contributed by atoms with E-state index in [1.807, 2.05) is 60.7 Å². The molecular weight excluding hydrogens is 1000 g/mol. The molecule has 10 atom stereocenters. The first-order chi connectivity index (χ1) is 38.2. The molecule has 78 heavy (non-hydrogen) atoms. The smallest absolute Gasteiger partial charge is 0.338 e. The van der Waals surface area contributed by atoms with Gasteiger partial charge in [0.2, 0.25) is 0 Å². The van der Waals surface area contributed by atoms with Gasteiger partial charge in [0, 0.05) is 7.11 Å². The number of ether oxygens (including phenoxy) is 11. The molecule has 0 unspecified atom stereocenters. The summed E-state index contributed by atoms with van der Waals surface area (Å²) >= 11 is 0. The van der Waals surface area contributed by atoms with Crippen molar-refractivity contribution in [2.75, 3.05) is 20.3 Å².